The number of nitrogens with one attached hydrogen (secondary N) is 1. The van der Waals surface area contributed by atoms with Crippen molar-refractivity contribution < 1.29 is 0 Å². The Morgan fingerprint density at radius 1 is 1.09 bits per heavy atom. The predicted molar refractivity (Wildman–Crippen MR) is 89.7 cm³/mol. The minimum Gasteiger partial charge on any atom is -0.370 e. The monoisotopic (exact) mass is 312 g/mol. The van der Waals surface area contributed by atoms with Crippen LogP contribution in [0.2, 0.25) is 0 Å². The lowest BCUT2D eigenvalue weighted by molar-refractivity contribution is 0.685. The first-order valence-electron chi connectivity index (χ1n) is 7.51. The molecule has 1 N–H and O–H groups in total. The standard InChI is InChI=1S/C17H20N4O2/c1-4-12-5-7-13(8-6-12)9-10-19-15-14(11-18)16(22)21(3)17(23)20(15)2/h5-8,19H,4,9-10H2,1-3H3. The SMILES string of the molecule is CCc1ccc(CCNc2c(C#N)c(=O)n(C)c(=O)n2C)cc1. The Bertz CT molecular complexity index is 854. The van der Waals surface area contributed by atoms with Gasteiger partial charge < -0.3 is 5.32 Å². The van der Waals surface area contributed by atoms with Crippen LogP contribution in [0, 0.1) is 11.3 Å². The summed E-state index contributed by atoms with van der Waals surface area (Å²) in [5.74, 6) is 0.269. The summed E-state index contributed by atoms with van der Waals surface area (Å²) in [4.78, 5) is 23.9. The molecule has 6 heteroatoms. The number of rotatable bonds is 5. The van der Waals surface area contributed by atoms with Crippen molar-refractivity contribution in [2.24, 2.45) is 14.1 Å². The molecule has 2 rings (SSSR count). The van der Waals surface area contributed by atoms with Crippen LogP contribution in [0.25, 0.3) is 0 Å². The second kappa shape index (κ2) is 6.97. The minimum atomic E-state index is -0.578. The van der Waals surface area contributed by atoms with Gasteiger partial charge in [0.2, 0.25) is 0 Å². The maximum Gasteiger partial charge on any atom is 0.332 e. The van der Waals surface area contributed by atoms with E-state index in [0.717, 1.165) is 23.0 Å². The normalized spacial score (nSPS) is 10.3. The summed E-state index contributed by atoms with van der Waals surface area (Å²) in [5.41, 5.74) is 1.36. The minimum absolute atomic E-state index is 0.0454. The highest BCUT2D eigenvalue weighted by molar-refractivity contribution is 5.51. The molecule has 0 radical (unpaired) electrons. The first kappa shape index (κ1) is 16.6. The van der Waals surface area contributed by atoms with Gasteiger partial charge in [0.25, 0.3) is 5.56 Å². The molecular weight excluding hydrogens is 292 g/mol. The molecule has 0 aliphatic heterocycles. The van der Waals surface area contributed by atoms with Crippen LogP contribution < -0.4 is 16.6 Å². The van der Waals surface area contributed by atoms with E-state index in [4.69, 9.17) is 0 Å². The summed E-state index contributed by atoms with van der Waals surface area (Å²) < 4.78 is 2.23. The zero-order valence-electron chi connectivity index (χ0n) is 13.6. The molecule has 1 aromatic carbocycles. The highest BCUT2D eigenvalue weighted by Crippen LogP contribution is 2.09. The Morgan fingerprint density at radius 2 is 1.70 bits per heavy atom. The largest absolute Gasteiger partial charge is 0.370 e. The van der Waals surface area contributed by atoms with Gasteiger partial charge >= 0.3 is 5.69 Å². The summed E-state index contributed by atoms with van der Waals surface area (Å²) in [7, 11) is 2.91. The van der Waals surface area contributed by atoms with Gasteiger partial charge in [-0.2, -0.15) is 5.26 Å². The summed E-state index contributed by atoms with van der Waals surface area (Å²) in [5, 5.41) is 12.2. The van der Waals surface area contributed by atoms with E-state index in [0.29, 0.717) is 6.54 Å². The third-order valence-electron chi connectivity index (χ3n) is 3.91. The molecule has 1 aromatic heterocycles. The third-order valence-corrected chi connectivity index (χ3v) is 3.91. The summed E-state index contributed by atoms with van der Waals surface area (Å²) in [6.45, 7) is 2.64. The van der Waals surface area contributed by atoms with Gasteiger partial charge in [-0.25, -0.2) is 4.79 Å². The highest BCUT2D eigenvalue weighted by Gasteiger charge is 2.14. The molecule has 0 fully saturated rings. The maximum absolute atomic E-state index is 12.0. The van der Waals surface area contributed by atoms with Crippen molar-refractivity contribution in [2.75, 3.05) is 11.9 Å². The van der Waals surface area contributed by atoms with Crippen LogP contribution in [0.1, 0.15) is 23.6 Å². The second-order valence-electron chi connectivity index (χ2n) is 5.39. The molecule has 23 heavy (non-hydrogen) atoms. The van der Waals surface area contributed by atoms with Crippen molar-refractivity contribution in [3.05, 3.63) is 61.8 Å². The second-order valence-corrected chi connectivity index (χ2v) is 5.39. The molecule has 120 valence electrons. The van der Waals surface area contributed by atoms with Crippen LogP contribution in [0.3, 0.4) is 0 Å². The lowest BCUT2D eigenvalue weighted by atomic mass is 10.1. The van der Waals surface area contributed by atoms with Crippen molar-refractivity contribution in [2.45, 2.75) is 19.8 Å². The molecule has 0 unspecified atom stereocenters. The van der Waals surface area contributed by atoms with E-state index in [2.05, 4.69) is 36.5 Å². The molecule has 6 nitrogen and oxygen atoms in total. The van der Waals surface area contributed by atoms with E-state index < -0.39 is 11.2 Å². The van der Waals surface area contributed by atoms with Crippen LogP contribution in [0.4, 0.5) is 5.82 Å². The first-order chi connectivity index (χ1) is 11.0. The van der Waals surface area contributed by atoms with E-state index >= 15 is 0 Å². The Kier molecular flexibility index (Phi) is 5.02. The molecule has 0 spiro atoms. The number of aromatic nitrogens is 2. The molecule has 0 bridgehead atoms. The lowest BCUT2D eigenvalue weighted by Crippen LogP contribution is -2.40. The third kappa shape index (κ3) is 3.34. The quantitative estimate of drug-likeness (QED) is 0.899. The maximum atomic E-state index is 12.0. The fourth-order valence-electron chi connectivity index (χ4n) is 2.42. The topological polar surface area (TPSA) is 79.8 Å². The number of nitriles is 1. The molecule has 0 saturated heterocycles. The van der Waals surface area contributed by atoms with Crippen molar-refractivity contribution in [1.82, 2.24) is 9.13 Å². The molecule has 0 aliphatic rings. The summed E-state index contributed by atoms with van der Waals surface area (Å²) >= 11 is 0. The van der Waals surface area contributed by atoms with Gasteiger partial charge in [0, 0.05) is 20.6 Å². The molecule has 0 aliphatic carbocycles. The number of hydrogen-bond acceptors (Lipinski definition) is 4. The van der Waals surface area contributed by atoms with Gasteiger partial charge in [-0.1, -0.05) is 31.2 Å². The Hall–Kier alpha value is -2.81. The number of nitrogens with zero attached hydrogens (tertiary/aromatic N) is 3. The molecule has 2 aromatic rings. The average molecular weight is 312 g/mol. The van der Waals surface area contributed by atoms with E-state index in [9.17, 15) is 14.9 Å². The van der Waals surface area contributed by atoms with Gasteiger partial charge in [0.15, 0.2) is 5.56 Å². The van der Waals surface area contributed by atoms with Crippen molar-refractivity contribution >= 4 is 5.82 Å². The van der Waals surface area contributed by atoms with Gasteiger partial charge in [-0.3, -0.25) is 13.9 Å². The van der Waals surface area contributed by atoms with Crippen LogP contribution in [0.5, 0.6) is 0 Å². The van der Waals surface area contributed by atoms with Gasteiger partial charge in [0.1, 0.15) is 11.9 Å². The predicted octanol–water partition coefficient (Wildman–Crippen LogP) is 1.17. The number of anilines is 1. The smallest absolute Gasteiger partial charge is 0.332 e. The van der Waals surface area contributed by atoms with Crippen molar-refractivity contribution in [3.63, 3.8) is 0 Å². The van der Waals surface area contributed by atoms with Gasteiger partial charge in [0.05, 0.1) is 0 Å². The van der Waals surface area contributed by atoms with E-state index in [1.807, 2.05) is 6.07 Å². The van der Waals surface area contributed by atoms with Crippen LogP contribution in [-0.2, 0) is 26.9 Å². The van der Waals surface area contributed by atoms with E-state index in [1.54, 1.807) is 7.05 Å². The average Bonchev–Trinajstić information content (AvgIpc) is 2.58. The number of hydrogen-bond donors (Lipinski definition) is 1. The van der Waals surface area contributed by atoms with Crippen molar-refractivity contribution in [3.8, 4) is 6.07 Å². The molecule has 0 amide bonds. The van der Waals surface area contributed by atoms with Crippen molar-refractivity contribution in [1.29, 1.82) is 5.26 Å². The Balaban J connectivity index is 2.19. The fourth-order valence-corrected chi connectivity index (χ4v) is 2.42. The van der Waals surface area contributed by atoms with E-state index in [-0.39, 0.29) is 11.4 Å². The Labute approximate surface area is 134 Å². The van der Waals surface area contributed by atoms with Crippen LogP contribution >= 0.6 is 0 Å². The van der Waals surface area contributed by atoms with E-state index in [1.165, 1.54) is 17.2 Å². The molecular formula is C17H20N4O2. The zero-order valence-corrected chi connectivity index (χ0v) is 13.6. The molecule has 1 heterocycles. The fraction of sp³-hybridized carbons (Fsp3) is 0.353. The molecule has 0 saturated carbocycles. The number of aryl methyl sites for hydroxylation is 1. The van der Waals surface area contributed by atoms with Crippen LogP contribution in [0.15, 0.2) is 33.9 Å². The van der Waals surface area contributed by atoms with Gasteiger partial charge in [-0.15, -0.1) is 0 Å². The summed E-state index contributed by atoms with van der Waals surface area (Å²) in [6.07, 6.45) is 1.73. The van der Waals surface area contributed by atoms with Crippen LogP contribution in [-0.4, -0.2) is 15.7 Å². The zero-order chi connectivity index (χ0) is 17.0. The van der Waals surface area contributed by atoms with Gasteiger partial charge in [-0.05, 0) is 24.0 Å². The number of benzene rings is 1. The highest BCUT2D eigenvalue weighted by atomic mass is 16.2. The Morgan fingerprint density at radius 3 is 2.26 bits per heavy atom. The lowest BCUT2D eigenvalue weighted by Gasteiger charge is -2.13. The summed E-state index contributed by atoms with van der Waals surface area (Å²) in [6, 6.07) is 10.2. The first-order valence-corrected chi connectivity index (χ1v) is 7.51. The molecule has 0 atom stereocenters.